The van der Waals surface area contributed by atoms with Crippen LogP contribution in [0.5, 0.6) is 11.5 Å². The number of benzene rings is 3. The number of ether oxygens (including phenoxy) is 3. The van der Waals surface area contributed by atoms with Crippen LogP contribution in [0.3, 0.4) is 0 Å². The first-order valence-corrected chi connectivity index (χ1v) is 11.6. The molecule has 0 spiro atoms. The molecule has 196 valence electrons. The second-order valence-electron chi connectivity index (χ2n) is 8.75. The maximum atomic E-state index is 12.8. The lowest BCUT2D eigenvalue weighted by molar-refractivity contribution is -0.158. The molecule has 6 nitrogen and oxygen atoms in total. The van der Waals surface area contributed by atoms with Gasteiger partial charge in [0.1, 0.15) is 11.5 Å². The number of alkyl halides is 3. The van der Waals surface area contributed by atoms with Crippen molar-refractivity contribution in [3.8, 4) is 22.6 Å². The highest BCUT2D eigenvalue weighted by Gasteiger charge is 2.32. The van der Waals surface area contributed by atoms with Gasteiger partial charge in [-0.3, -0.25) is 4.79 Å². The van der Waals surface area contributed by atoms with Crippen molar-refractivity contribution in [2.24, 2.45) is 0 Å². The van der Waals surface area contributed by atoms with Crippen molar-refractivity contribution in [1.29, 1.82) is 0 Å². The standard InChI is InChI=1S/C28H28F3NO5/c1-5-35-26(34)27(3,4)37-24-14-13-23(15-18(24)2)36-17-25(33)32-22-8-6-7-20(16-22)19-9-11-21(12-10-19)28(29,30)31/h6-16H,5,17H2,1-4H3,(H,32,33). The summed E-state index contributed by atoms with van der Waals surface area (Å²) in [5, 5.41) is 2.72. The lowest BCUT2D eigenvalue weighted by Gasteiger charge is -2.25. The number of rotatable bonds is 9. The van der Waals surface area contributed by atoms with Gasteiger partial charge >= 0.3 is 12.1 Å². The van der Waals surface area contributed by atoms with E-state index in [0.29, 0.717) is 33.9 Å². The second kappa shape index (κ2) is 11.4. The number of hydrogen-bond donors (Lipinski definition) is 1. The van der Waals surface area contributed by atoms with Crippen molar-refractivity contribution in [3.63, 3.8) is 0 Å². The normalized spacial score (nSPS) is 11.5. The molecule has 1 N–H and O–H groups in total. The molecule has 0 aliphatic heterocycles. The monoisotopic (exact) mass is 515 g/mol. The fourth-order valence-corrected chi connectivity index (χ4v) is 3.42. The highest BCUT2D eigenvalue weighted by atomic mass is 19.4. The Kier molecular flexibility index (Phi) is 8.47. The highest BCUT2D eigenvalue weighted by molar-refractivity contribution is 5.92. The molecule has 0 aliphatic carbocycles. The molecule has 3 aromatic carbocycles. The Morgan fingerprint density at radius 3 is 2.24 bits per heavy atom. The van der Waals surface area contributed by atoms with Crippen molar-refractivity contribution in [3.05, 3.63) is 77.9 Å². The zero-order chi connectivity index (χ0) is 27.2. The van der Waals surface area contributed by atoms with Crippen LogP contribution in [0.25, 0.3) is 11.1 Å². The van der Waals surface area contributed by atoms with Crippen LogP contribution < -0.4 is 14.8 Å². The van der Waals surface area contributed by atoms with Crippen LogP contribution in [0.1, 0.15) is 31.9 Å². The third-order valence-corrected chi connectivity index (χ3v) is 5.34. The third kappa shape index (κ3) is 7.49. The van der Waals surface area contributed by atoms with E-state index in [-0.39, 0.29) is 13.2 Å². The lowest BCUT2D eigenvalue weighted by atomic mass is 10.0. The van der Waals surface area contributed by atoms with Gasteiger partial charge in [0.15, 0.2) is 12.2 Å². The molecule has 0 unspecified atom stereocenters. The van der Waals surface area contributed by atoms with Crippen molar-refractivity contribution in [1.82, 2.24) is 0 Å². The van der Waals surface area contributed by atoms with E-state index in [1.807, 2.05) is 0 Å². The number of anilines is 1. The van der Waals surface area contributed by atoms with Gasteiger partial charge in [-0.2, -0.15) is 13.2 Å². The molecule has 0 saturated heterocycles. The predicted molar refractivity (Wildman–Crippen MR) is 134 cm³/mol. The molecule has 0 aliphatic rings. The average molecular weight is 516 g/mol. The summed E-state index contributed by atoms with van der Waals surface area (Å²) in [5.74, 6) is 0.0298. The van der Waals surface area contributed by atoms with E-state index < -0.39 is 29.2 Å². The van der Waals surface area contributed by atoms with Crippen LogP contribution in [-0.4, -0.2) is 30.7 Å². The topological polar surface area (TPSA) is 73.9 Å². The fourth-order valence-electron chi connectivity index (χ4n) is 3.42. The van der Waals surface area contributed by atoms with Crippen molar-refractivity contribution in [2.45, 2.75) is 39.5 Å². The van der Waals surface area contributed by atoms with E-state index in [4.69, 9.17) is 14.2 Å². The Morgan fingerprint density at radius 1 is 0.919 bits per heavy atom. The maximum absolute atomic E-state index is 12.8. The zero-order valence-electron chi connectivity index (χ0n) is 20.9. The van der Waals surface area contributed by atoms with Crippen LogP contribution in [0, 0.1) is 6.92 Å². The van der Waals surface area contributed by atoms with Crippen LogP contribution in [0.15, 0.2) is 66.7 Å². The predicted octanol–water partition coefficient (Wildman–Crippen LogP) is 6.42. The van der Waals surface area contributed by atoms with Crippen molar-refractivity contribution < 1.29 is 37.0 Å². The van der Waals surface area contributed by atoms with Crippen LogP contribution >= 0.6 is 0 Å². The molecular formula is C28H28F3NO5. The summed E-state index contributed by atoms with van der Waals surface area (Å²) in [7, 11) is 0. The summed E-state index contributed by atoms with van der Waals surface area (Å²) < 4.78 is 54.8. The van der Waals surface area contributed by atoms with E-state index in [9.17, 15) is 22.8 Å². The van der Waals surface area contributed by atoms with E-state index >= 15 is 0 Å². The number of hydrogen-bond acceptors (Lipinski definition) is 5. The van der Waals surface area contributed by atoms with Gasteiger partial charge in [-0.15, -0.1) is 0 Å². The molecule has 0 aromatic heterocycles. The van der Waals surface area contributed by atoms with E-state index in [2.05, 4.69) is 5.32 Å². The second-order valence-corrected chi connectivity index (χ2v) is 8.75. The minimum absolute atomic E-state index is 0.249. The van der Waals surface area contributed by atoms with Gasteiger partial charge in [-0.25, -0.2) is 4.79 Å². The molecule has 0 saturated carbocycles. The van der Waals surface area contributed by atoms with Crippen LogP contribution in [0.2, 0.25) is 0 Å². The largest absolute Gasteiger partial charge is 0.484 e. The molecule has 0 heterocycles. The Labute approximate surface area is 213 Å². The molecule has 1 amide bonds. The number of aryl methyl sites for hydroxylation is 1. The summed E-state index contributed by atoms with van der Waals surface area (Å²) in [6.45, 7) is 6.72. The Bertz CT molecular complexity index is 1250. The first-order valence-electron chi connectivity index (χ1n) is 11.6. The van der Waals surface area contributed by atoms with Gasteiger partial charge in [-0.1, -0.05) is 24.3 Å². The molecule has 0 atom stereocenters. The smallest absolute Gasteiger partial charge is 0.416 e. The van der Waals surface area contributed by atoms with Crippen molar-refractivity contribution in [2.75, 3.05) is 18.5 Å². The first-order chi connectivity index (χ1) is 17.4. The number of amides is 1. The maximum Gasteiger partial charge on any atom is 0.416 e. The quantitative estimate of drug-likeness (QED) is 0.333. The van der Waals surface area contributed by atoms with E-state index in [0.717, 1.165) is 12.1 Å². The highest BCUT2D eigenvalue weighted by Crippen LogP contribution is 2.31. The average Bonchev–Trinajstić information content (AvgIpc) is 2.84. The first kappa shape index (κ1) is 27.6. The van der Waals surface area contributed by atoms with Gasteiger partial charge in [0.05, 0.1) is 12.2 Å². The molecule has 9 heteroatoms. The van der Waals surface area contributed by atoms with Crippen LogP contribution in [-0.2, 0) is 20.5 Å². The number of carbonyl (C=O) groups is 2. The molecule has 0 radical (unpaired) electrons. The number of nitrogens with one attached hydrogen (secondary N) is 1. The molecular weight excluding hydrogens is 487 g/mol. The minimum Gasteiger partial charge on any atom is -0.484 e. The summed E-state index contributed by atoms with van der Waals surface area (Å²) in [6, 6.07) is 16.6. The van der Waals surface area contributed by atoms with Crippen LogP contribution in [0.4, 0.5) is 18.9 Å². The molecule has 0 fully saturated rings. The van der Waals surface area contributed by atoms with Crippen molar-refractivity contribution >= 4 is 17.6 Å². The van der Waals surface area contributed by atoms with Gasteiger partial charge in [0.25, 0.3) is 5.91 Å². The SMILES string of the molecule is CCOC(=O)C(C)(C)Oc1ccc(OCC(=O)Nc2cccc(-c3ccc(C(F)(F)F)cc3)c2)cc1C. The molecule has 0 bridgehead atoms. The zero-order valence-corrected chi connectivity index (χ0v) is 20.9. The van der Waals surface area contributed by atoms with Gasteiger partial charge in [0, 0.05) is 5.69 Å². The van der Waals surface area contributed by atoms with E-state index in [1.54, 1.807) is 70.2 Å². The number of halogens is 3. The van der Waals surface area contributed by atoms with Gasteiger partial charge in [-0.05, 0) is 86.8 Å². The Balaban J connectivity index is 1.59. The molecule has 3 aromatic rings. The summed E-state index contributed by atoms with van der Waals surface area (Å²) in [6.07, 6.45) is -4.40. The van der Waals surface area contributed by atoms with Gasteiger partial charge in [0.2, 0.25) is 0 Å². The number of esters is 1. The summed E-state index contributed by atoms with van der Waals surface area (Å²) in [5.41, 5.74) is 0.536. The summed E-state index contributed by atoms with van der Waals surface area (Å²) >= 11 is 0. The number of carbonyl (C=O) groups excluding carboxylic acids is 2. The molecule has 37 heavy (non-hydrogen) atoms. The van der Waals surface area contributed by atoms with Gasteiger partial charge < -0.3 is 19.5 Å². The molecule has 3 rings (SSSR count). The minimum atomic E-state index is -4.40. The summed E-state index contributed by atoms with van der Waals surface area (Å²) in [4.78, 5) is 24.5. The fraction of sp³-hybridized carbons (Fsp3) is 0.286. The lowest BCUT2D eigenvalue weighted by Crippen LogP contribution is -2.39. The third-order valence-electron chi connectivity index (χ3n) is 5.34. The van der Waals surface area contributed by atoms with E-state index in [1.165, 1.54) is 12.1 Å². The Hall–Kier alpha value is -4.01. The Morgan fingerprint density at radius 2 is 1.62 bits per heavy atom.